The Balaban J connectivity index is 1.62. The normalized spacial score (nSPS) is 12.0. The Labute approximate surface area is 140 Å². The van der Waals surface area contributed by atoms with Crippen molar-refractivity contribution in [1.29, 1.82) is 0 Å². The summed E-state index contributed by atoms with van der Waals surface area (Å²) < 4.78 is 0. The van der Waals surface area contributed by atoms with Crippen LogP contribution in [0.3, 0.4) is 0 Å². The number of carbonyl (C=O) groups is 1. The summed E-state index contributed by atoms with van der Waals surface area (Å²) in [6.45, 7) is 2.01. The van der Waals surface area contributed by atoms with Crippen molar-refractivity contribution in [2.75, 3.05) is 5.75 Å². The Kier molecular flexibility index (Phi) is 4.99. The first-order chi connectivity index (χ1) is 11.2. The van der Waals surface area contributed by atoms with Crippen molar-refractivity contribution in [3.8, 4) is 0 Å². The van der Waals surface area contributed by atoms with Crippen molar-refractivity contribution in [3.63, 3.8) is 0 Å². The highest BCUT2D eigenvalue weighted by Crippen LogP contribution is 2.27. The van der Waals surface area contributed by atoms with Crippen LogP contribution in [-0.2, 0) is 4.79 Å². The first-order valence-electron chi connectivity index (χ1n) is 7.69. The number of rotatable bonds is 5. The number of amides is 1. The second kappa shape index (κ2) is 7.34. The van der Waals surface area contributed by atoms with Crippen LogP contribution in [0.25, 0.3) is 10.8 Å². The molecule has 0 bridgehead atoms. The van der Waals surface area contributed by atoms with E-state index >= 15 is 0 Å². The molecule has 1 atom stereocenters. The van der Waals surface area contributed by atoms with Gasteiger partial charge in [-0.15, -0.1) is 11.8 Å². The van der Waals surface area contributed by atoms with E-state index in [9.17, 15) is 4.79 Å². The molecule has 0 spiro atoms. The topological polar surface area (TPSA) is 29.1 Å². The van der Waals surface area contributed by atoms with Gasteiger partial charge < -0.3 is 5.32 Å². The van der Waals surface area contributed by atoms with Crippen LogP contribution < -0.4 is 5.32 Å². The summed E-state index contributed by atoms with van der Waals surface area (Å²) in [6, 6.07) is 24.5. The molecular formula is C20H19NOS. The summed E-state index contributed by atoms with van der Waals surface area (Å²) in [7, 11) is 0. The highest BCUT2D eigenvalue weighted by atomic mass is 32.2. The zero-order chi connectivity index (χ0) is 16.1. The van der Waals surface area contributed by atoms with E-state index < -0.39 is 0 Å². The van der Waals surface area contributed by atoms with Gasteiger partial charge >= 0.3 is 0 Å². The first-order valence-corrected chi connectivity index (χ1v) is 8.67. The van der Waals surface area contributed by atoms with Gasteiger partial charge in [0.2, 0.25) is 5.91 Å². The summed E-state index contributed by atoms with van der Waals surface area (Å²) >= 11 is 1.58. The van der Waals surface area contributed by atoms with Crippen molar-refractivity contribution in [1.82, 2.24) is 5.32 Å². The molecule has 1 amide bonds. The van der Waals surface area contributed by atoms with Gasteiger partial charge in [0, 0.05) is 4.90 Å². The predicted molar refractivity (Wildman–Crippen MR) is 97.7 cm³/mol. The van der Waals surface area contributed by atoms with Crippen LogP contribution in [0.1, 0.15) is 18.5 Å². The Hall–Kier alpha value is -2.26. The van der Waals surface area contributed by atoms with Gasteiger partial charge in [0.05, 0.1) is 11.8 Å². The molecule has 0 saturated carbocycles. The number of fused-ring (bicyclic) bond motifs is 1. The van der Waals surface area contributed by atoms with Gasteiger partial charge in [0.15, 0.2) is 0 Å². The summed E-state index contributed by atoms with van der Waals surface area (Å²) in [5.41, 5.74) is 1.12. The molecule has 116 valence electrons. The largest absolute Gasteiger partial charge is 0.349 e. The molecule has 3 heteroatoms. The molecule has 3 aromatic rings. The second-order valence-electron chi connectivity index (χ2n) is 5.47. The van der Waals surface area contributed by atoms with Gasteiger partial charge in [0.25, 0.3) is 0 Å². The standard InChI is InChI=1S/C20H19NOS/c1-15(16-8-3-2-4-9-16)21-20(22)14-23-19-13-7-11-17-10-5-6-12-18(17)19/h2-13,15H,14H2,1H3,(H,21,22)/t15-/m0/s1. The smallest absolute Gasteiger partial charge is 0.230 e. The highest BCUT2D eigenvalue weighted by Gasteiger charge is 2.10. The summed E-state index contributed by atoms with van der Waals surface area (Å²) in [5.74, 6) is 0.477. The number of hydrogen-bond donors (Lipinski definition) is 1. The van der Waals surface area contributed by atoms with Crippen LogP contribution in [0.15, 0.2) is 77.7 Å². The van der Waals surface area contributed by atoms with E-state index in [2.05, 4.69) is 29.6 Å². The summed E-state index contributed by atoms with van der Waals surface area (Å²) in [6.07, 6.45) is 0. The average molecular weight is 321 g/mol. The third-order valence-corrected chi connectivity index (χ3v) is 4.86. The molecule has 0 aliphatic carbocycles. The van der Waals surface area contributed by atoms with Gasteiger partial charge in [-0.05, 0) is 29.3 Å². The molecule has 0 aliphatic heterocycles. The predicted octanol–water partition coefficient (Wildman–Crippen LogP) is 4.81. The molecule has 0 aliphatic rings. The van der Waals surface area contributed by atoms with Crippen LogP contribution >= 0.6 is 11.8 Å². The molecule has 0 saturated heterocycles. The third-order valence-electron chi connectivity index (χ3n) is 3.79. The number of nitrogens with one attached hydrogen (secondary N) is 1. The number of benzene rings is 3. The fourth-order valence-electron chi connectivity index (χ4n) is 2.57. The molecule has 0 heterocycles. The van der Waals surface area contributed by atoms with E-state index in [1.54, 1.807) is 11.8 Å². The minimum Gasteiger partial charge on any atom is -0.349 e. The number of thioether (sulfide) groups is 1. The number of carbonyl (C=O) groups excluding carboxylic acids is 1. The van der Waals surface area contributed by atoms with Gasteiger partial charge in [0.1, 0.15) is 0 Å². The number of hydrogen-bond acceptors (Lipinski definition) is 2. The monoisotopic (exact) mass is 321 g/mol. The summed E-state index contributed by atoms with van der Waals surface area (Å²) in [4.78, 5) is 13.3. The lowest BCUT2D eigenvalue weighted by atomic mass is 10.1. The van der Waals surface area contributed by atoms with Crippen molar-refractivity contribution < 1.29 is 4.79 Å². The van der Waals surface area contributed by atoms with Crippen LogP contribution in [0.2, 0.25) is 0 Å². The molecule has 1 N–H and O–H groups in total. The Morgan fingerprint density at radius 1 is 0.957 bits per heavy atom. The van der Waals surface area contributed by atoms with Gasteiger partial charge in [-0.1, -0.05) is 66.7 Å². The molecule has 0 unspecified atom stereocenters. The molecule has 3 rings (SSSR count). The van der Waals surface area contributed by atoms with E-state index in [-0.39, 0.29) is 11.9 Å². The molecular weight excluding hydrogens is 302 g/mol. The maximum Gasteiger partial charge on any atom is 0.230 e. The lowest BCUT2D eigenvalue weighted by Gasteiger charge is -2.14. The fraction of sp³-hybridized carbons (Fsp3) is 0.150. The molecule has 3 aromatic carbocycles. The second-order valence-corrected chi connectivity index (χ2v) is 6.48. The van der Waals surface area contributed by atoms with Crippen molar-refractivity contribution in [3.05, 3.63) is 78.4 Å². The van der Waals surface area contributed by atoms with Gasteiger partial charge in [-0.25, -0.2) is 0 Å². The highest BCUT2D eigenvalue weighted by molar-refractivity contribution is 8.00. The Bertz CT molecular complexity index is 796. The Morgan fingerprint density at radius 3 is 2.48 bits per heavy atom. The van der Waals surface area contributed by atoms with E-state index in [1.165, 1.54) is 10.8 Å². The fourth-order valence-corrected chi connectivity index (χ4v) is 3.46. The van der Waals surface area contributed by atoms with E-state index in [0.29, 0.717) is 5.75 Å². The van der Waals surface area contributed by atoms with E-state index in [4.69, 9.17) is 0 Å². The molecule has 0 radical (unpaired) electrons. The van der Waals surface area contributed by atoms with Crippen LogP contribution in [0.5, 0.6) is 0 Å². The van der Waals surface area contributed by atoms with Gasteiger partial charge in [-0.2, -0.15) is 0 Å². The molecule has 2 nitrogen and oxygen atoms in total. The van der Waals surface area contributed by atoms with Crippen molar-refractivity contribution >= 4 is 28.4 Å². The van der Waals surface area contributed by atoms with Crippen LogP contribution in [-0.4, -0.2) is 11.7 Å². The SMILES string of the molecule is C[C@H](NC(=O)CSc1cccc2ccccc12)c1ccccc1. The average Bonchev–Trinajstić information content (AvgIpc) is 2.60. The zero-order valence-corrected chi connectivity index (χ0v) is 13.8. The lowest BCUT2D eigenvalue weighted by molar-refractivity contribution is -0.119. The van der Waals surface area contributed by atoms with E-state index in [1.807, 2.05) is 55.5 Å². The van der Waals surface area contributed by atoms with Crippen LogP contribution in [0, 0.1) is 0 Å². The minimum absolute atomic E-state index is 0.0248. The minimum atomic E-state index is 0.0248. The quantitative estimate of drug-likeness (QED) is 0.683. The molecule has 0 aromatic heterocycles. The van der Waals surface area contributed by atoms with Crippen LogP contribution in [0.4, 0.5) is 0 Å². The summed E-state index contributed by atoms with van der Waals surface area (Å²) in [5, 5.41) is 5.46. The molecule has 23 heavy (non-hydrogen) atoms. The lowest BCUT2D eigenvalue weighted by Crippen LogP contribution is -2.28. The zero-order valence-electron chi connectivity index (χ0n) is 13.0. The van der Waals surface area contributed by atoms with E-state index in [0.717, 1.165) is 10.5 Å². The first kappa shape index (κ1) is 15.6. The maximum atomic E-state index is 12.2. The maximum absolute atomic E-state index is 12.2. The molecule has 0 fully saturated rings. The third kappa shape index (κ3) is 3.93. The van der Waals surface area contributed by atoms with Crippen molar-refractivity contribution in [2.45, 2.75) is 17.9 Å². The Morgan fingerprint density at radius 2 is 1.65 bits per heavy atom. The van der Waals surface area contributed by atoms with Gasteiger partial charge in [-0.3, -0.25) is 4.79 Å². The van der Waals surface area contributed by atoms with Crippen molar-refractivity contribution in [2.24, 2.45) is 0 Å².